The Morgan fingerprint density at radius 2 is 1.94 bits per heavy atom. The maximum absolute atomic E-state index is 11.1. The minimum absolute atomic E-state index is 0.0678. The number of rotatable bonds is 2. The van der Waals surface area contributed by atoms with Crippen LogP contribution in [0.2, 0.25) is 10.0 Å². The van der Waals surface area contributed by atoms with Gasteiger partial charge in [0.15, 0.2) is 6.29 Å². The Hall–Kier alpha value is -1.40. The summed E-state index contributed by atoms with van der Waals surface area (Å²) in [6, 6.07) is 4.12. The minimum atomic E-state index is -1.79. The summed E-state index contributed by atoms with van der Waals surface area (Å²) in [4.78, 5) is 15.1. The highest BCUT2D eigenvalue weighted by molar-refractivity contribution is 6.38. The van der Waals surface area contributed by atoms with E-state index in [2.05, 4.69) is 4.98 Å². The van der Waals surface area contributed by atoms with Crippen LogP contribution >= 0.6 is 23.2 Å². The van der Waals surface area contributed by atoms with E-state index in [-0.39, 0.29) is 21.8 Å². The predicted molar refractivity (Wildman–Crippen MR) is 67.5 cm³/mol. The Labute approximate surface area is 112 Å². The molecule has 4 N–H and O–H groups in total. The maximum Gasteiger partial charge on any atom is 0.267 e. The number of carbonyl (C=O) groups is 1. The molecule has 5 nitrogen and oxygen atoms in total. The monoisotopic (exact) mass is 286 g/mol. The zero-order valence-corrected chi connectivity index (χ0v) is 10.4. The lowest BCUT2D eigenvalue weighted by Crippen LogP contribution is -2.14. The van der Waals surface area contributed by atoms with Crippen LogP contribution < -0.4 is 5.73 Å². The fraction of sp³-hybridized carbons (Fsp3) is 0.0909. The lowest BCUT2D eigenvalue weighted by atomic mass is 10.1. The number of primary amides is 1. The van der Waals surface area contributed by atoms with E-state index in [4.69, 9.17) is 28.9 Å². The fourth-order valence-electron chi connectivity index (χ4n) is 1.62. The molecule has 0 bridgehead atoms. The van der Waals surface area contributed by atoms with Crippen LogP contribution in [0.3, 0.4) is 0 Å². The van der Waals surface area contributed by atoms with Crippen molar-refractivity contribution < 1.29 is 15.0 Å². The summed E-state index contributed by atoms with van der Waals surface area (Å²) >= 11 is 11.8. The number of aliphatic hydroxyl groups excluding tert-OH is 1. The highest BCUT2D eigenvalue weighted by atomic mass is 35.5. The molecule has 0 aliphatic heterocycles. The molecular formula is C11H8Cl2N2O3. The molecule has 0 saturated carbocycles. The average Bonchev–Trinajstić information content (AvgIpc) is 2.27. The SMILES string of the molecule is NC(=O)c1cc(C(O)O)c2cc(Cl)cc(Cl)c2n1. The van der Waals surface area contributed by atoms with Crippen molar-refractivity contribution >= 4 is 40.0 Å². The normalized spacial score (nSPS) is 11.2. The van der Waals surface area contributed by atoms with Gasteiger partial charge < -0.3 is 15.9 Å². The molecule has 7 heteroatoms. The van der Waals surface area contributed by atoms with E-state index in [1.165, 1.54) is 18.2 Å². The lowest BCUT2D eigenvalue weighted by molar-refractivity contribution is -0.0413. The molecule has 2 aromatic rings. The van der Waals surface area contributed by atoms with Crippen molar-refractivity contribution in [3.05, 3.63) is 39.5 Å². The molecular weight excluding hydrogens is 279 g/mol. The van der Waals surface area contributed by atoms with Crippen LogP contribution in [0.1, 0.15) is 22.3 Å². The lowest BCUT2D eigenvalue weighted by Gasteiger charge is -2.11. The van der Waals surface area contributed by atoms with E-state index in [1.54, 1.807) is 0 Å². The summed E-state index contributed by atoms with van der Waals surface area (Å²) in [6.45, 7) is 0. The number of halogens is 2. The molecule has 1 heterocycles. The molecule has 0 spiro atoms. The number of carbonyl (C=O) groups excluding carboxylic acids is 1. The topological polar surface area (TPSA) is 96.4 Å². The molecule has 94 valence electrons. The first-order valence-corrected chi connectivity index (χ1v) is 5.61. The fourth-order valence-corrected chi connectivity index (χ4v) is 2.15. The third-order valence-electron chi connectivity index (χ3n) is 2.39. The number of benzene rings is 1. The van der Waals surface area contributed by atoms with Crippen molar-refractivity contribution in [3.63, 3.8) is 0 Å². The highest BCUT2D eigenvalue weighted by Crippen LogP contribution is 2.31. The van der Waals surface area contributed by atoms with Crippen LogP contribution in [0.5, 0.6) is 0 Å². The first-order valence-electron chi connectivity index (χ1n) is 4.86. The van der Waals surface area contributed by atoms with E-state index in [0.717, 1.165) is 0 Å². The Balaban J connectivity index is 2.90. The second-order valence-electron chi connectivity index (χ2n) is 3.62. The van der Waals surface area contributed by atoms with E-state index in [9.17, 15) is 15.0 Å². The standard InChI is InChI=1S/C11H8Cl2N2O3/c12-4-1-5-6(11(17)18)3-8(10(14)16)15-9(5)7(13)2-4/h1-3,11,17-18H,(H2,14,16). The van der Waals surface area contributed by atoms with E-state index >= 15 is 0 Å². The van der Waals surface area contributed by atoms with E-state index in [0.29, 0.717) is 10.4 Å². The molecule has 0 atom stereocenters. The molecule has 0 radical (unpaired) electrons. The number of nitrogens with zero attached hydrogens (tertiary/aromatic N) is 1. The molecule has 0 aliphatic rings. The van der Waals surface area contributed by atoms with Crippen molar-refractivity contribution in [1.29, 1.82) is 0 Å². The molecule has 1 amide bonds. The number of fused-ring (bicyclic) bond motifs is 1. The quantitative estimate of drug-likeness (QED) is 0.731. The van der Waals surface area contributed by atoms with Gasteiger partial charge in [0.25, 0.3) is 5.91 Å². The number of pyridine rings is 1. The average molecular weight is 287 g/mol. The van der Waals surface area contributed by atoms with Gasteiger partial charge in [-0.15, -0.1) is 0 Å². The molecule has 0 aliphatic carbocycles. The van der Waals surface area contributed by atoms with Crippen LogP contribution in [-0.4, -0.2) is 21.1 Å². The summed E-state index contributed by atoms with van der Waals surface area (Å²) in [5.74, 6) is -0.787. The zero-order chi connectivity index (χ0) is 13.4. The van der Waals surface area contributed by atoms with Gasteiger partial charge in [-0.2, -0.15) is 0 Å². The third kappa shape index (κ3) is 2.26. The van der Waals surface area contributed by atoms with Gasteiger partial charge in [-0.05, 0) is 18.2 Å². The van der Waals surface area contributed by atoms with Gasteiger partial charge in [0.05, 0.1) is 10.5 Å². The van der Waals surface area contributed by atoms with Crippen molar-refractivity contribution in [2.24, 2.45) is 5.73 Å². The first kappa shape index (κ1) is 13.0. The minimum Gasteiger partial charge on any atom is -0.364 e. The van der Waals surface area contributed by atoms with Crippen molar-refractivity contribution in [2.75, 3.05) is 0 Å². The van der Waals surface area contributed by atoms with Gasteiger partial charge in [0, 0.05) is 16.0 Å². The van der Waals surface area contributed by atoms with Gasteiger partial charge in [-0.25, -0.2) is 4.98 Å². The van der Waals surface area contributed by atoms with Gasteiger partial charge in [0.1, 0.15) is 5.69 Å². The zero-order valence-electron chi connectivity index (χ0n) is 8.89. The molecule has 0 fully saturated rings. The van der Waals surface area contributed by atoms with Gasteiger partial charge in [-0.3, -0.25) is 4.79 Å². The third-order valence-corrected chi connectivity index (χ3v) is 2.90. The van der Waals surface area contributed by atoms with Crippen LogP contribution in [-0.2, 0) is 0 Å². The summed E-state index contributed by atoms with van der Waals surface area (Å²) < 4.78 is 0. The maximum atomic E-state index is 11.1. The Morgan fingerprint density at radius 3 is 2.50 bits per heavy atom. The smallest absolute Gasteiger partial charge is 0.267 e. The van der Waals surface area contributed by atoms with Crippen LogP contribution in [0.15, 0.2) is 18.2 Å². The van der Waals surface area contributed by atoms with Crippen molar-refractivity contribution in [1.82, 2.24) is 4.98 Å². The van der Waals surface area contributed by atoms with E-state index < -0.39 is 12.2 Å². The first-order chi connectivity index (χ1) is 8.40. The highest BCUT2D eigenvalue weighted by Gasteiger charge is 2.16. The second-order valence-corrected chi connectivity index (χ2v) is 4.46. The molecule has 0 unspecified atom stereocenters. The van der Waals surface area contributed by atoms with Crippen LogP contribution in [0.25, 0.3) is 10.9 Å². The van der Waals surface area contributed by atoms with E-state index in [1.807, 2.05) is 0 Å². The van der Waals surface area contributed by atoms with Crippen molar-refractivity contribution in [3.8, 4) is 0 Å². The van der Waals surface area contributed by atoms with Crippen molar-refractivity contribution in [2.45, 2.75) is 6.29 Å². The molecule has 2 rings (SSSR count). The number of hydrogen-bond acceptors (Lipinski definition) is 4. The number of aliphatic hydroxyl groups is 2. The Kier molecular flexibility index (Phi) is 3.41. The summed E-state index contributed by atoms with van der Waals surface area (Å²) in [7, 11) is 0. The predicted octanol–water partition coefficient (Wildman–Crippen LogP) is 1.62. The van der Waals surface area contributed by atoms with Gasteiger partial charge >= 0.3 is 0 Å². The Morgan fingerprint density at radius 1 is 1.28 bits per heavy atom. The summed E-state index contributed by atoms with van der Waals surface area (Å²) in [6.07, 6.45) is -1.79. The molecule has 1 aromatic carbocycles. The second kappa shape index (κ2) is 4.70. The van der Waals surface area contributed by atoms with Crippen LogP contribution in [0.4, 0.5) is 0 Å². The molecule has 1 aromatic heterocycles. The number of amides is 1. The van der Waals surface area contributed by atoms with Crippen LogP contribution in [0, 0.1) is 0 Å². The van der Waals surface area contributed by atoms with Gasteiger partial charge in [-0.1, -0.05) is 23.2 Å². The molecule has 0 saturated heterocycles. The van der Waals surface area contributed by atoms with Gasteiger partial charge in [0.2, 0.25) is 0 Å². The number of aromatic nitrogens is 1. The largest absolute Gasteiger partial charge is 0.364 e. The Bertz CT molecular complexity index is 644. The molecule has 18 heavy (non-hydrogen) atoms. The number of hydrogen-bond donors (Lipinski definition) is 3. The number of nitrogens with two attached hydrogens (primary N) is 1. The summed E-state index contributed by atoms with van der Waals surface area (Å²) in [5, 5.41) is 19.5. The summed E-state index contributed by atoms with van der Waals surface area (Å²) in [5.41, 5.74) is 5.32.